The van der Waals surface area contributed by atoms with Gasteiger partial charge in [0.2, 0.25) is 0 Å². The average Bonchev–Trinajstić information content (AvgIpc) is 2.65. The molecular weight excluding hydrogens is 400 g/mol. The van der Waals surface area contributed by atoms with Crippen LogP contribution in [0.1, 0.15) is 21.5 Å². The number of phenols is 2. The van der Waals surface area contributed by atoms with E-state index in [9.17, 15) is 38.8 Å². The summed E-state index contributed by atoms with van der Waals surface area (Å²) < 4.78 is 21.0. The number of hydrogen-bond donors (Lipinski definition) is 5. The van der Waals surface area contributed by atoms with E-state index in [1.165, 1.54) is 30.3 Å². The molecule has 5 N–H and O–H groups in total. The van der Waals surface area contributed by atoms with E-state index in [1.54, 1.807) is 0 Å². The van der Waals surface area contributed by atoms with Crippen LogP contribution in [0.15, 0.2) is 70.9 Å². The molecule has 1 atom stereocenters. The quantitative estimate of drug-likeness (QED) is 0.479. The number of hydrogen-bond acceptors (Lipinski definition) is 6. The second-order valence-corrected chi connectivity index (χ2v) is 6.93. The van der Waals surface area contributed by atoms with Crippen LogP contribution >= 0.6 is 0 Å². The number of allylic oxidation sites excluding steroid dienone is 3. The minimum atomic E-state index is -2.61. The maximum atomic E-state index is 11.7. The lowest BCUT2D eigenvalue weighted by molar-refractivity contribution is -0.110. The summed E-state index contributed by atoms with van der Waals surface area (Å²) in [5.74, 6) is -3.44. The second-order valence-electron chi connectivity index (χ2n) is 5.99. The first-order valence-corrected chi connectivity index (χ1v) is 9.18. The Bertz CT molecular complexity index is 1160. The molecule has 1 aliphatic carbocycles. The van der Waals surface area contributed by atoms with Crippen LogP contribution < -0.4 is 0 Å². The Morgan fingerprint density at radius 2 is 1.55 bits per heavy atom. The molecule has 0 amide bonds. The van der Waals surface area contributed by atoms with Crippen molar-refractivity contribution in [2.45, 2.75) is 4.90 Å². The number of aromatic carboxylic acids is 1. The van der Waals surface area contributed by atoms with Crippen molar-refractivity contribution in [2.24, 2.45) is 0 Å². The molecule has 0 heterocycles. The lowest BCUT2D eigenvalue weighted by Gasteiger charge is -2.19. The van der Waals surface area contributed by atoms with E-state index < -0.39 is 45.0 Å². The van der Waals surface area contributed by atoms with Gasteiger partial charge < -0.3 is 25.0 Å². The number of aliphatic hydroxyl groups is 1. The highest BCUT2D eigenvalue weighted by atomic mass is 32.2. The van der Waals surface area contributed by atoms with E-state index in [0.717, 1.165) is 24.3 Å². The zero-order valence-corrected chi connectivity index (χ0v) is 15.4. The summed E-state index contributed by atoms with van der Waals surface area (Å²) in [5, 5.41) is 40.1. The molecule has 3 rings (SSSR count). The average molecular weight is 414 g/mol. The van der Waals surface area contributed by atoms with Crippen molar-refractivity contribution in [3.05, 3.63) is 82.6 Å². The van der Waals surface area contributed by atoms with Crippen molar-refractivity contribution >= 4 is 28.4 Å². The summed E-state index contributed by atoms with van der Waals surface area (Å²) in [6.45, 7) is 0. The SMILES string of the molecule is O=C1C=CC(=C(c2cc(S(=O)O)c(O)cc2O)c2ccccc2C(=O)O)C(O)=C1. The summed E-state index contributed by atoms with van der Waals surface area (Å²) >= 11 is -2.61. The molecule has 0 saturated heterocycles. The van der Waals surface area contributed by atoms with E-state index in [1.807, 2.05) is 0 Å². The number of aliphatic hydroxyl groups excluding tert-OH is 1. The van der Waals surface area contributed by atoms with Gasteiger partial charge in [-0.3, -0.25) is 4.79 Å². The van der Waals surface area contributed by atoms with Crippen LogP contribution in [0, 0.1) is 0 Å². The number of rotatable bonds is 4. The van der Waals surface area contributed by atoms with E-state index in [0.29, 0.717) is 0 Å². The lowest BCUT2D eigenvalue weighted by Crippen LogP contribution is -2.08. The van der Waals surface area contributed by atoms with Crippen LogP contribution in [-0.4, -0.2) is 40.9 Å². The Balaban J connectivity index is 2.45. The fourth-order valence-corrected chi connectivity index (χ4v) is 3.40. The minimum Gasteiger partial charge on any atom is -0.507 e. The van der Waals surface area contributed by atoms with Gasteiger partial charge in [-0.15, -0.1) is 0 Å². The van der Waals surface area contributed by atoms with Crippen LogP contribution in [0.4, 0.5) is 0 Å². The van der Waals surface area contributed by atoms with Crippen LogP contribution in [0.5, 0.6) is 11.5 Å². The number of carbonyl (C=O) groups excluding carboxylic acids is 1. The van der Waals surface area contributed by atoms with Crippen LogP contribution in [0.2, 0.25) is 0 Å². The molecule has 29 heavy (non-hydrogen) atoms. The van der Waals surface area contributed by atoms with Gasteiger partial charge >= 0.3 is 5.97 Å². The Kier molecular flexibility index (Phi) is 5.35. The molecule has 1 unspecified atom stereocenters. The Morgan fingerprint density at radius 1 is 0.897 bits per heavy atom. The van der Waals surface area contributed by atoms with Crippen molar-refractivity contribution in [2.75, 3.05) is 0 Å². The number of benzene rings is 2. The Morgan fingerprint density at radius 3 is 2.14 bits per heavy atom. The Hall–Kier alpha value is -3.69. The van der Waals surface area contributed by atoms with Crippen molar-refractivity contribution in [1.82, 2.24) is 0 Å². The van der Waals surface area contributed by atoms with Crippen LogP contribution in [0.25, 0.3) is 5.57 Å². The molecule has 0 aromatic heterocycles. The van der Waals surface area contributed by atoms with E-state index in [2.05, 4.69) is 0 Å². The molecule has 0 aliphatic heterocycles. The van der Waals surface area contributed by atoms with Gasteiger partial charge in [0, 0.05) is 28.9 Å². The molecule has 0 radical (unpaired) electrons. The van der Waals surface area contributed by atoms with Crippen molar-refractivity contribution in [1.29, 1.82) is 0 Å². The largest absolute Gasteiger partial charge is 0.507 e. The summed E-state index contributed by atoms with van der Waals surface area (Å²) in [6, 6.07) is 7.59. The summed E-state index contributed by atoms with van der Waals surface area (Å²) in [7, 11) is 0. The van der Waals surface area contributed by atoms with Gasteiger partial charge in [0.05, 0.1) is 5.56 Å². The molecule has 148 valence electrons. The summed E-state index contributed by atoms with van der Waals surface area (Å²) in [6.07, 6.45) is 3.30. The van der Waals surface area contributed by atoms with Gasteiger partial charge in [-0.25, -0.2) is 9.00 Å². The van der Waals surface area contributed by atoms with E-state index in [-0.39, 0.29) is 27.8 Å². The molecular formula is C20H14O8S. The first kappa shape index (κ1) is 20.1. The van der Waals surface area contributed by atoms with Gasteiger partial charge in [-0.2, -0.15) is 0 Å². The number of carboxylic acid groups (broad SMARTS) is 1. The second kappa shape index (κ2) is 7.74. The maximum absolute atomic E-state index is 11.7. The monoisotopic (exact) mass is 414 g/mol. The first-order valence-electron chi connectivity index (χ1n) is 8.08. The molecule has 2 aromatic carbocycles. The third-order valence-corrected chi connectivity index (χ3v) is 4.90. The maximum Gasteiger partial charge on any atom is 0.336 e. The van der Waals surface area contributed by atoms with Gasteiger partial charge in [-0.1, -0.05) is 18.2 Å². The van der Waals surface area contributed by atoms with Gasteiger partial charge in [-0.05, 0) is 29.8 Å². The Labute approximate surface area is 166 Å². The molecule has 0 spiro atoms. The predicted octanol–water partition coefficient (Wildman–Crippen LogP) is 2.76. The number of aromatic hydroxyl groups is 2. The zero-order valence-electron chi connectivity index (χ0n) is 14.6. The molecule has 9 heteroatoms. The standard InChI is InChI=1S/C20H14O8S/c21-10-5-6-13(15(22)7-10)19(11-3-1-2-4-12(11)20(25)26)14-8-18(29(27)28)17(24)9-16(14)23/h1-9,22-24H,(H,25,26)(H,27,28). The third kappa shape index (κ3) is 3.82. The number of carbonyl (C=O) groups is 2. The van der Waals surface area contributed by atoms with E-state index >= 15 is 0 Å². The first-order chi connectivity index (χ1) is 13.7. The summed E-state index contributed by atoms with van der Waals surface area (Å²) in [5.41, 5.74) is -0.224. The highest BCUT2D eigenvalue weighted by molar-refractivity contribution is 7.79. The molecule has 8 nitrogen and oxygen atoms in total. The fraction of sp³-hybridized carbons (Fsp3) is 0. The lowest BCUT2D eigenvalue weighted by atomic mass is 9.87. The topological polar surface area (TPSA) is 152 Å². The van der Waals surface area contributed by atoms with Gasteiger partial charge in [0.25, 0.3) is 0 Å². The predicted molar refractivity (Wildman–Crippen MR) is 103 cm³/mol. The normalized spacial score (nSPS) is 16.3. The van der Waals surface area contributed by atoms with E-state index in [4.69, 9.17) is 0 Å². The minimum absolute atomic E-state index is 0.00830. The molecule has 0 saturated carbocycles. The highest BCUT2D eigenvalue weighted by Gasteiger charge is 2.25. The van der Waals surface area contributed by atoms with Crippen molar-refractivity contribution < 1.29 is 38.8 Å². The molecule has 0 bridgehead atoms. The van der Waals surface area contributed by atoms with Crippen molar-refractivity contribution in [3.63, 3.8) is 0 Å². The van der Waals surface area contributed by atoms with Crippen LogP contribution in [-0.2, 0) is 15.9 Å². The molecule has 0 fully saturated rings. The number of phenolic OH excluding ortho intramolecular Hbond substituents is 2. The summed E-state index contributed by atoms with van der Waals surface area (Å²) in [4.78, 5) is 22.8. The third-order valence-electron chi connectivity index (χ3n) is 4.20. The van der Waals surface area contributed by atoms with Crippen LogP contribution in [0.3, 0.4) is 0 Å². The number of carboxylic acids is 1. The van der Waals surface area contributed by atoms with Gasteiger partial charge in [0.1, 0.15) is 22.2 Å². The van der Waals surface area contributed by atoms with Crippen molar-refractivity contribution in [3.8, 4) is 11.5 Å². The highest BCUT2D eigenvalue weighted by Crippen LogP contribution is 2.41. The van der Waals surface area contributed by atoms with Gasteiger partial charge in [0.15, 0.2) is 16.9 Å². The smallest absolute Gasteiger partial charge is 0.336 e. The fourth-order valence-electron chi connectivity index (χ4n) is 2.94. The molecule has 2 aromatic rings. The molecule has 1 aliphatic rings. The number of ketones is 1. The zero-order chi connectivity index (χ0) is 21.3.